The van der Waals surface area contributed by atoms with Gasteiger partial charge in [-0.2, -0.15) is 10.4 Å². The average molecular weight is 482 g/mol. The molecule has 1 amide bonds. The van der Waals surface area contributed by atoms with Gasteiger partial charge < -0.3 is 18.8 Å². The fraction of sp³-hybridized carbons (Fsp3) is 0.130. The Balaban J connectivity index is 1.51. The lowest BCUT2D eigenvalue weighted by Gasteiger charge is -2.19. The van der Waals surface area contributed by atoms with Crippen molar-refractivity contribution in [2.75, 3.05) is 11.9 Å². The molecule has 2 aromatic carbocycles. The summed E-state index contributed by atoms with van der Waals surface area (Å²) in [6.45, 7) is -0.606. The van der Waals surface area contributed by atoms with Gasteiger partial charge in [0, 0.05) is 12.6 Å². The monoisotopic (exact) mass is 482 g/mol. The van der Waals surface area contributed by atoms with E-state index >= 15 is 0 Å². The van der Waals surface area contributed by atoms with Crippen molar-refractivity contribution in [3.8, 4) is 28.8 Å². The number of halogens is 3. The quantitative estimate of drug-likeness (QED) is 0.437. The molecule has 4 aromatic rings. The number of ether oxygens (including phenoxy) is 2. The summed E-state index contributed by atoms with van der Waals surface area (Å²) in [6.07, 6.45) is -2.73. The Morgan fingerprint density at radius 2 is 2.03 bits per heavy atom. The van der Waals surface area contributed by atoms with Crippen LogP contribution in [-0.2, 0) is 11.3 Å². The van der Waals surface area contributed by atoms with Gasteiger partial charge in [-0.1, -0.05) is 12.1 Å². The minimum Gasteiger partial charge on any atom is -0.462 e. The van der Waals surface area contributed by atoms with E-state index in [1.165, 1.54) is 19.4 Å². The highest BCUT2D eigenvalue weighted by atomic mass is 19.3. The molecule has 0 fully saturated rings. The third-order valence-corrected chi connectivity index (χ3v) is 5.34. The summed E-state index contributed by atoms with van der Waals surface area (Å²) in [4.78, 5) is 26.7. The molecule has 9 nitrogen and oxygen atoms in total. The fourth-order valence-electron chi connectivity index (χ4n) is 3.64. The van der Waals surface area contributed by atoms with Crippen molar-refractivity contribution in [1.29, 1.82) is 5.26 Å². The molecule has 0 saturated carbocycles. The van der Waals surface area contributed by atoms with E-state index in [2.05, 4.69) is 14.6 Å². The highest BCUT2D eigenvalue weighted by Crippen LogP contribution is 2.45. The number of furan rings is 1. The molecular weight excluding hydrogens is 469 g/mol. The Hall–Kier alpha value is -4.79. The van der Waals surface area contributed by atoms with Gasteiger partial charge in [-0.25, -0.2) is 9.07 Å². The van der Waals surface area contributed by atoms with Crippen molar-refractivity contribution in [2.24, 2.45) is 0 Å². The van der Waals surface area contributed by atoms with E-state index in [1.807, 2.05) is 6.07 Å². The van der Waals surface area contributed by atoms with Crippen molar-refractivity contribution in [3.05, 3.63) is 70.5 Å². The Morgan fingerprint density at radius 1 is 1.23 bits per heavy atom. The summed E-state index contributed by atoms with van der Waals surface area (Å²) in [5.74, 6) is -3.34. The Bertz CT molecular complexity index is 1610. The van der Waals surface area contributed by atoms with Gasteiger partial charge in [-0.15, -0.1) is 8.78 Å². The number of carbonyl (C=O) groups is 1. The van der Waals surface area contributed by atoms with Crippen molar-refractivity contribution < 1.29 is 31.9 Å². The first kappa shape index (κ1) is 22.0. The number of alkyl halides is 2. The predicted molar refractivity (Wildman–Crippen MR) is 114 cm³/mol. The van der Waals surface area contributed by atoms with Gasteiger partial charge in [0.15, 0.2) is 17.1 Å². The lowest BCUT2D eigenvalue weighted by molar-refractivity contribution is -0.287. The fourth-order valence-corrected chi connectivity index (χ4v) is 3.64. The molecule has 176 valence electrons. The molecule has 0 atom stereocenters. The number of benzene rings is 2. The zero-order valence-corrected chi connectivity index (χ0v) is 17.8. The maximum absolute atomic E-state index is 14.8. The molecular formula is C23H13F3N4O5. The number of fused-ring (bicyclic) bond motifs is 2. The summed E-state index contributed by atoms with van der Waals surface area (Å²) >= 11 is 0. The van der Waals surface area contributed by atoms with Gasteiger partial charge in [0.05, 0.1) is 29.0 Å². The maximum atomic E-state index is 14.8. The Labute approximate surface area is 194 Å². The Morgan fingerprint density at radius 3 is 2.80 bits per heavy atom. The summed E-state index contributed by atoms with van der Waals surface area (Å²) in [6, 6.07) is 12.0. The number of anilines is 1. The highest BCUT2D eigenvalue weighted by Gasteiger charge is 2.45. The predicted octanol–water partition coefficient (Wildman–Crippen LogP) is 3.65. The largest absolute Gasteiger partial charge is 0.586 e. The molecule has 12 heteroatoms. The summed E-state index contributed by atoms with van der Waals surface area (Å²) in [7, 11) is 1.21. The van der Waals surface area contributed by atoms with E-state index in [-0.39, 0.29) is 22.4 Å². The van der Waals surface area contributed by atoms with Crippen LogP contribution in [0.4, 0.5) is 18.9 Å². The van der Waals surface area contributed by atoms with Crippen LogP contribution in [-0.4, -0.2) is 29.0 Å². The van der Waals surface area contributed by atoms with Gasteiger partial charge in [0.25, 0.3) is 5.56 Å². The van der Waals surface area contributed by atoms with E-state index in [0.29, 0.717) is 11.1 Å². The van der Waals surface area contributed by atoms with Crippen LogP contribution in [0.5, 0.6) is 11.5 Å². The number of aromatic nitrogens is 2. The molecule has 0 bridgehead atoms. The number of carbonyl (C=O) groups excluding carboxylic acids is 1. The van der Waals surface area contributed by atoms with E-state index in [1.54, 1.807) is 24.3 Å². The number of nitriles is 1. The maximum Gasteiger partial charge on any atom is 0.586 e. The summed E-state index contributed by atoms with van der Waals surface area (Å²) in [5.41, 5.74) is 0.206. The van der Waals surface area contributed by atoms with Crippen molar-refractivity contribution >= 4 is 22.6 Å². The minimum absolute atomic E-state index is 0.143. The average Bonchev–Trinajstić information content (AvgIpc) is 3.45. The highest BCUT2D eigenvalue weighted by molar-refractivity contribution is 5.94. The van der Waals surface area contributed by atoms with Crippen LogP contribution in [0.25, 0.3) is 22.2 Å². The van der Waals surface area contributed by atoms with Gasteiger partial charge >= 0.3 is 6.29 Å². The van der Waals surface area contributed by atoms with Crippen molar-refractivity contribution in [3.63, 3.8) is 0 Å². The van der Waals surface area contributed by atoms with Crippen LogP contribution in [0.3, 0.4) is 0 Å². The summed E-state index contributed by atoms with van der Waals surface area (Å²) < 4.78 is 56.1. The van der Waals surface area contributed by atoms with Gasteiger partial charge in [-0.05, 0) is 30.3 Å². The van der Waals surface area contributed by atoms with E-state index in [0.717, 1.165) is 21.7 Å². The van der Waals surface area contributed by atoms with Crippen LogP contribution < -0.4 is 19.9 Å². The first-order chi connectivity index (χ1) is 16.7. The zero-order chi connectivity index (χ0) is 24.9. The lowest BCUT2D eigenvalue weighted by atomic mass is 10.1. The van der Waals surface area contributed by atoms with Crippen LogP contribution in [0.1, 0.15) is 5.56 Å². The zero-order valence-electron chi connectivity index (χ0n) is 17.8. The second-order valence-corrected chi connectivity index (χ2v) is 7.51. The van der Waals surface area contributed by atoms with E-state index in [9.17, 15) is 28.0 Å². The molecule has 0 N–H and O–H groups in total. The van der Waals surface area contributed by atoms with Crippen LogP contribution in [0.15, 0.2) is 57.9 Å². The lowest BCUT2D eigenvalue weighted by Crippen LogP contribution is -2.35. The third kappa shape index (κ3) is 3.72. The molecule has 1 aliphatic heterocycles. The van der Waals surface area contributed by atoms with Gasteiger partial charge in [0.2, 0.25) is 11.7 Å². The van der Waals surface area contributed by atoms with Crippen molar-refractivity contribution in [2.45, 2.75) is 12.8 Å². The van der Waals surface area contributed by atoms with Crippen LogP contribution in [0.2, 0.25) is 0 Å². The van der Waals surface area contributed by atoms with Crippen LogP contribution in [0, 0.1) is 17.1 Å². The molecule has 1 aliphatic rings. The minimum atomic E-state index is -4.03. The third-order valence-electron chi connectivity index (χ3n) is 5.34. The molecule has 0 spiro atoms. The first-order valence-electron chi connectivity index (χ1n) is 10.0. The van der Waals surface area contributed by atoms with Gasteiger partial charge in [0.1, 0.15) is 12.2 Å². The molecule has 35 heavy (non-hydrogen) atoms. The molecule has 0 aliphatic carbocycles. The first-order valence-corrected chi connectivity index (χ1v) is 10.0. The topological polar surface area (TPSA) is 111 Å². The molecule has 0 unspecified atom stereocenters. The van der Waals surface area contributed by atoms with Crippen LogP contribution >= 0.6 is 0 Å². The Kier molecular flexibility index (Phi) is 4.98. The standard InChI is InChI=1S/C23H13F3N4O5/c1-29(15-5-6-16-21(18(15)24)35-23(25,26)34-16)17(31)11-30-22(32)14-7-8-33-20(14)19(28-30)13-4-2-3-12(9-13)10-27/h2-9H,11H2,1H3. The molecule has 0 radical (unpaired) electrons. The molecule has 3 heterocycles. The van der Waals surface area contributed by atoms with Crippen molar-refractivity contribution in [1.82, 2.24) is 9.78 Å². The smallest absolute Gasteiger partial charge is 0.462 e. The van der Waals surface area contributed by atoms with E-state index in [4.69, 9.17) is 4.42 Å². The number of hydrogen-bond acceptors (Lipinski definition) is 7. The number of rotatable bonds is 4. The molecule has 2 aromatic heterocycles. The SMILES string of the molecule is CN(C(=O)Cn1nc(-c2cccc(C#N)c2)c2occc2c1=O)c1ccc2c(c1F)OC(F)(F)O2. The molecule has 0 saturated heterocycles. The van der Waals surface area contributed by atoms with E-state index < -0.39 is 41.6 Å². The van der Waals surface area contributed by atoms with Gasteiger partial charge in [-0.3, -0.25) is 9.59 Å². The normalized spacial score (nSPS) is 13.6. The molecule has 5 rings (SSSR count). The second-order valence-electron chi connectivity index (χ2n) is 7.51. The number of nitrogens with zero attached hydrogens (tertiary/aromatic N) is 4. The number of amides is 1. The second kappa shape index (κ2) is 7.91. The summed E-state index contributed by atoms with van der Waals surface area (Å²) in [5, 5.41) is 13.6. The number of hydrogen-bond donors (Lipinski definition) is 0. The number of likely N-dealkylation sites (N-methyl/N-ethyl adjacent to an activating group) is 1.